The van der Waals surface area contributed by atoms with Crippen LogP contribution < -0.4 is 4.74 Å². The number of ether oxygens (including phenoxy) is 3. The van der Waals surface area contributed by atoms with Gasteiger partial charge >= 0.3 is 11.9 Å². The molecule has 0 aliphatic carbocycles. The summed E-state index contributed by atoms with van der Waals surface area (Å²) in [6.45, 7) is 6.71. The minimum atomic E-state index is -0.569. The van der Waals surface area contributed by atoms with Crippen LogP contribution in [0.15, 0.2) is 24.3 Å². The van der Waals surface area contributed by atoms with Crippen LogP contribution in [0.3, 0.4) is 0 Å². The predicted octanol–water partition coefficient (Wildman–Crippen LogP) is 3.15. The molecule has 0 heterocycles. The van der Waals surface area contributed by atoms with Gasteiger partial charge in [-0.3, -0.25) is 9.59 Å². The molecule has 0 aliphatic rings. The van der Waals surface area contributed by atoms with E-state index >= 15 is 0 Å². The van der Waals surface area contributed by atoms with Crippen LogP contribution in [0.25, 0.3) is 0 Å². The number of benzene rings is 1. The Hall–Kier alpha value is -2.04. The molecular formula is C18H26O5. The standard InChI is InChI=1S/C18H26O5/c1-4-11-23-16-10-8-7-9-14(16)12-15(18(20)22-6-3)13-17(19)21-5-2/h7-10,15H,4-6,11-13H2,1-3H3. The van der Waals surface area contributed by atoms with Gasteiger partial charge in [0.2, 0.25) is 0 Å². The molecule has 1 aromatic rings. The highest BCUT2D eigenvalue weighted by molar-refractivity contribution is 5.80. The van der Waals surface area contributed by atoms with E-state index < -0.39 is 11.9 Å². The molecule has 0 saturated carbocycles. The van der Waals surface area contributed by atoms with Crippen LogP contribution in [0.4, 0.5) is 0 Å². The van der Waals surface area contributed by atoms with Gasteiger partial charge in [-0.1, -0.05) is 25.1 Å². The van der Waals surface area contributed by atoms with E-state index in [2.05, 4.69) is 0 Å². The quantitative estimate of drug-likeness (QED) is 0.619. The first-order valence-electron chi connectivity index (χ1n) is 8.15. The lowest BCUT2D eigenvalue weighted by Gasteiger charge is -2.17. The number of rotatable bonds is 10. The van der Waals surface area contributed by atoms with Crippen molar-refractivity contribution >= 4 is 11.9 Å². The molecule has 1 unspecified atom stereocenters. The Morgan fingerprint density at radius 2 is 1.74 bits per heavy atom. The third-order valence-corrected chi connectivity index (χ3v) is 3.24. The van der Waals surface area contributed by atoms with E-state index in [9.17, 15) is 9.59 Å². The summed E-state index contributed by atoms with van der Waals surface area (Å²) in [5.41, 5.74) is 0.892. The second-order valence-electron chi connectivity index (χ2n) is 5.12. The Labute approximate surface area is 137 Å². The average molecular weight is 322 g/mol. The first-order valence-corrected chi connectivity index (χ1v) is 8.15. The summed E-state index contributed by atoms with van der Waals surface area (Å²) in [5, 5.41) is 0. The van der Waals surface area contributed by atoms with E-state index in [1.807, 2.05) is 31.2 Å². The van der Waals surface area contributed by atoms with Gasteiger partial charge < -0.3 is 14.2 Å². The van der Waals surface area contributed by atoms with Crippen molar-refractivity contribution in [1.29, 1.82) is 0 Å². The minimum Gasteiger partial charge on any atom is -0.493 e. The van der Waals surface area contributed by atoms with E-state index in [-0.39, 0.29) is 19.0 Å². The molecule has 128 valence electrons. The zero-order chi connectivity index (χ0) is 17.1. The van der Waals surface area contributed by atoms with Crippen molar-refractivity contribution in [3.8, 4) is 5.75 Å². The van der Waals surface area contributed by atoms with Crippen LogP contribution in [0, 0.1) is 5.92 Å². The molecule has 0 radical (unpaired) electrons. The zero-order valence-electron chi connectivity index (χ0n) is 14.2. The highest BCUT2D eigenvalue weighted by Gasteiger charge is 2.25. The van der Waals surface area contributed by atoms with E-state index in [1.54, 1.807) is 13.8 Å². The Morgan fingerprint density at radius 1 is 1.04 bits per heavy atom. The van der Waals surface area contributed by atoms with Crippen molar-refractivity contribution in [3.63, 3.8) is 0 Å². The Morgan fingerprint density at radius 3 is 2.39 bits per heavy atom. The van der Waals surface area contributed by atoms with Crippen LogP contribution in [0.2, 0.25) is 0 Å². The van der Waals surface area contributed by atoms with Gasteiger partial charge in [0.25, 0.3) is 0 Å². The molecule has 0 amide bonds. The molecule has 1 aromatic carbocycles. The fraction of sp³-hybridized carbons (Fsp3) is 0.556. The van der Waals surface area contributed by atoms with Crippen LogP contribution >= 0.6 is 0 Å². The SMILES string of the molecule is CCCOc1ccccc1CC(CC(=O)OCC)C(=O)OCC. The lowest BCUT2D eigenvalue weighted by molar-refractivity contribution is -0.154. The largest absolute Gasteiger partial charge is 0.493 e. The summed E-state index contributed by atoms with van der Waals surface area (Å²) >= 11 is 0. The number of para-hydroxylation sites is 1. The monoisotopic (exact) mass is 322 g/mol. The van der Waals surface area contributed by atoms with Gasteiger partial charge in [0.05, 0.1) is 32.2 Å². The average Bonchev–Trinajstić information content (AvgIpc) is 2.54. The summed E-state index contributed by atoms with van der Waals surface area (Å²) in [7, 11) is 0. The lowest BCUT2D eigenvalue weighted by Crippen LogP contribution is -2.24. The fourth-order valence-electron chi connectivity index (χ4n) is 2.21. The van der Waals surface area contributed by atoms with Crippen molar-refractivity contribution < 1.29 is 23.8 Å². The van der Waals surface area contributed by atoms with Crippen LogP contribution in [-0.2, 0) is 25.5 Å². The molecule has 1 atom stereocenters. The molecule has 0 spiro atoms. The Balaban J connectivity index is 2.87. The van der Waals surface area contributed by atoms with E-state index in [0.29, 0.717) is 19.6 Å². The van der Waals surface area contributed by atoms with E-state index in [1.165, 1.54) is 0 Å². The van der Waals surface area contributed by atoms with Gasteiger partial charge in [0.15, 0.2) is 0 Å². The lowest BCUT2D eigenvalue weighted by atomic mass is 9.95. The van der Waals surface area contributed by atoms with Gasteiger partial charge in [-0.2, -0.15) is 0 Å². The second-order valence-corrected chi connectivity index (χ2v) is 5.12. The molecule has 0 aromatic heterocycles. The highest BCUT2D eigenvalue weighted by Crippen LogP contribution is 2.24. The second kappa shape index (κ2) is 10.6. The molecule has 23 heavy (non-hydrogen) atoms. The van der Waals surface area contributed by atoms with Crippen LogP contribution in [-0.4, -0.2) is 31.8 Å². The summed E-state index contributed by atoms with van der Waals surface area (Å²) < 4.78 is 15.8. The van der Waals surface area contributed by atoms with Crippen LogP contribution in [0.5, 0.6) is 5.75 Å². The van der Waals surface area contributed by atoms with Crippen molar-refractivity contribution in [2.75, 3.05) is 19.8 Å². The van der Waals surface area contributed by atoms with Gasteiger partial charge in [0.1, 0.15) is 5.75 Å². The number of carbonyl (C=O) groups is 2. The normalized spacial score (nSPS) is 11.6. The molecule has 0 N–H and O–H groups in total. The van der Waals surface area contributed by atoms with Crippen molar-refractivity contribution in [2.24, 2.45) is 5.92 Å². The molecular weight excluding hydrogens is 296 g/mol. The van der Waals surface area contributed by atoms with Crippen molar-refractivity contribution in [2.45, 2.75) is 40.0 Å². The minimum absolute atomic E-state index is 0.00872. The first-order chi connectivity index (χ1) is 11.1. The summed E-state index contributed by atoms with van der Waals surface area (Å²) in [4.78, 5) is 23.9. The molecule has 5 heteroatoms. The van der Waals surface area contributed by atoms with Gasteiger partial charge in [-0.15, -0.1) is 0 Å². The van der Waals surface area contributed by atoms with Crippen LogP contribution in [0.1, 0.15) is 39.2 Å². The number of hydrogen-bond donors (Lipinski definition) is 0. The molecule has 1 rings (SSSR count). The van der Waals surface area contributed by atoms with Crippen molar-refractivity contribution in [1.82, 2.24) is 0 Å². The molecule has 0 aliphatic heterocycles. The van der Waals surface area contributed by atoms with Crippen molar-refractivity contribution in [3.05, 3.63) is 29.8 Å². The topological polar surface area (TPSA) is 61.8 Å². The Kier molecular flexibility index (Phi) is 8.80. The molecule has 0 fully saturated rings. The smallest absolute Gasteiger partial charge is 0.309 e. The molecule has 5 nitrogen and oxygen atoms in total. The highest BCUT2D eigenvalue weighted by atomic mass is 16.5. The summed E-state index contributed by atoms with van der Waals surface area (Å²) in [6, 6.07) is 7.56. The maximum Gasteiger partial charge on any atom is 0.309 e. The van der Waals surface area contributed by atoms with Gasteiger partial charge in [-0.05, 0) is 38.3 Å². The first kappa shape index (κ1) is 19.0. The third kappa shape index (κ3) is 6.72. The van der Waals surface area contributed by atoms with Gasteiger partial charge in [0, 0.05) is 0 Å². The van der Waals surface area contributed by atoms with E-state index in [0.717, 1.165) is 17.7 Å². The van der Waals surface area contributed by atoms with E-state index in [4.69, 9.17) is 14.2 Å². The number of esters is 2. The fourth-order valence-corrected chi connectivity index (χ4v) is 2.21. The summed E-state index contributed by atoms with van der Waals surface area (Å²) in [5.74, 6) is -0.601. The maximum absolute atomic E-state index is 12.1. The Bertz CT molecular complexity index is 498. The summed E-state index contributed by atoms with van der Waals surface area (Å²) in [6.07, 6.45) is 1.30. The maximum atomic E-state index is 12.1. The molecule has 0 saturated heterocycles. The van der Waals surface area contributed by atoms with Gasteiger partial charge in [-0.25, -0.2) is 0 Å². The number of hydrogen-bond acceptors (Lipinski definition) is 5. The molecule has 0 bridgehead atoms. The zero-order valence-corrected chi connectivity index (χ0v) is 14.2. The number of carbonyl (C=O) groups excluding carboxylic acids is 2. The predicted molar refractivity (Wildman–Crippen MR) is 87.3 cm³/mol. The third-order valence-electron chi connectivity index (χ3n) is 3.24.